The Labute approximate surface area is 854 Å². The molecule has 0 aliphatic carbocycles. The van der Waals surface area contributed by atoms with Gasteiger partial charge >= 0.3 is 0 Å². The van der Waals surface area contributed by atoms with E-state index in [4.69, 9.17) is 16.2 Å². The zero-order chi connectivity index (χ0) is 102. The summed E-state index contributed by atoms with van der Waals surface area (Å²) >= 11 is 0. The number of nitrogens with zero attached hydrogens (tertiary/aromatic N) is 8. The van der Waals surface area contributed by atoms with Crippen LogP contribution in [0.3, 0.4) is 0 Å². The van der Waals surface area contributed by atoms with E-state index in [9.17, 15) is 53.1 Å². The van der Waals surface area contributed by atoms with E-state index in [-0.39, 0.29) is 119 Å². The predicted molar refractivity (Wildman–Crippen MR) is 581 cm³/mol. The molecule has 1 atom stereocenters. The fourth-order valence-electron chi connectivity index (χ4n) is 19.0. The van der Waals surface area contributed by atoms with Gasteiger partial charge in [0.25, 0.3) is 0 Å². The quantitative estimate of drug-likeness (QED) is 0.0354. The Morgan fingerprint density at radius 3 is 0.554 bits per heavy atom. The van der Waals surface area contributed by atoms with Crippen molar-refractivity contribution < 1.29 is 57.8 Å². The Hall–Kier alpha value is -5.46. The second kappa shape index (κ2) is 101. The van der Waals surface area contributed by atoms with E-state index in [0.29, 0.717) is 84.4 Å². The van der Waals surface area contributed by atoms with Crippen molar-refractivity contribution in [2.24, 2.45) is 17.4 Å². The van der Waals surface area contributed by atoms with Crippen molar-refractivity contribution in [3.05, 3.63) is 0 Å². The van der Waals surface area contributed by atoms with E-state index in [2.05, 4.69) is 59.1 Å². The van der Waals surface area contributed by atoms with Crippen LogP contribution in [0.5, 0.6) is 0 Å². The first kappa shape index (κ1) is 134. The number of unbranched alkanes of at least 4 members (excludes halogenated alkanes) is 62. The molecule has 24 heteroatoms. The summed E-state index contributed by atoms with van der Waals surface area (Å²) in [6.45, 7) is 19.3. The smallest absolute Gasteiger partial charge is 0.242 e. The summed E-state index contributed by atoms with van der Waals surface area (Å²) in [6.07, 6.45) is 81.0. The molecule has 0 aromatic heterocycles. The van der Waals surface area contributed by atoms with Crippen LogP contribution in [0, 0.1) is 5.92 Å². The van der Waals surface area contributed by atoms with E-state index in [0.717, 1.165) is 225 Å². The van der Waals surface area contributed by atoms with Crippen molar-refractivity contribution in [3.8, 4) is 0 Å². The molecule has 0 heterocycles. The molecule has 0 bridgehead atoms. The third kappa shape index (κ3) is 84.4. The molecule has 0 aromatic rings. The molecule has 0 radical (unpaired) electrons. The summed E-state index contributed by atoms with van der Waals surface area (Å²) in [5.74, 6) is -2.55. The number of nitrogens with one attached hydrogen (secondary N) is 2. The van der Waals surface area contributed by atoms with Crippen molar-refractivity contribution in [3.63, 3.8) is 0 Å². The molecule has 0 aromatic carbocycles. The van der Waals surface area contributed by atoms with E-state index in [1.165, 1.54) is 254 Å². The Bertz CT molecular complexity index is 2880. The van der Waals surface area contributed by atoms with Gasteiger partial charge in [-0.25, -0.2) is 0 Å². The molecule has 139 heavy (non-hydrogen) atoms. The summed E-state index contributed by atoms with van der Waals surface area (Å²) in [6, 6.07) is 0. The molecular formula is C115H224N12O12. The van der Waals surface area contributed by atoms with Crippen LogP contribution < -0.4 is 22.1 Å². The van der Waals surface area contributed by atoms with Crippen molar-refractivity contribution in [2.75, 3.05) is 151 Å². The van der Waals surface area contributed by atoms with E-state index in [1.54, 1.807) is 36.5 Å². The van der Waals surface area contributed by atoms with Crippen LogP contribution in [0.25, 0.3) is 0 Å². The summed E-state index contributed by atoms with van der Waals surface area (Å²) in [7, 11) is 1.66. The fraction of sp³-hybridized carbons (Fsp3) is 0.913. The molecule has 816 valence electrons. The highest BCUT2D eigenvalue weighted by Gasteiger charge is 2.31. The third-order valence-corrected chi connectivity index (χ3v) is 28.2. The molecule has 0 aliphatic rings. The number of aliphatic hydroxyl groups excluding tert-OH is 1. The summed E-state index contributed by atoms with van der Waals surface area (Å²) in [5, 5.41) is 16.0. The summed E-state index contributed by atoms with van der Waals surface area (Å²) < 4.78 is 5.23. The average molecular weight is 1970 g/mol. The molecule has 0 aliphatic heterocycles. The molecule has 24 nitrogen and oxygen atoms in total. The summed E-state index contributed by atoms with van der Waals surface area (Å²) in [4.78, 5) is 154. The van der Waals surface area contributed by atoms with Gasteiger partial charge in [-0.1, -0.05) is 459 Å². The number of primary amides is 2. The fourth-order valence-corrected chi connectivity index (χ4v) is 19.0. The molecule has 0 saturated carbocycles. The first-order valence-corrected chi connectivity index (χ1v) is 59.1. The standard InChI is InChI=1S/C115H224N12O12/c1-9-15-21-27-33-39-44-54-61-71-85-120(97-106(116)129)111(134)102-125(90-77-67-55-45-40-34-28-22-16-10-2)115(138)104-127(92-78-68-56-46-41-35-29-23-17-11-3)112(135)99-122(108(131)95-118-83-79-93-128)87-74-64-58-48-43-50-60-70-82-105(7)81-69-59-49-42-47-57-62-72-86-121(98-107(117)130)110(133)101-124(89-75-65-52-37-31-25-19-13-5)114(137)103-126(91-76-66-53-38-32-26-20-14-6)113(136)100-123(109(132)96-119-84-80-94-139-8)88-73-63-51-36-30-24-18-12-4/h105,118-119,128H,9-104H2,1-8H3,(H2,116,129)(H2,117,130). The van der Waals surface area contributed by atoms with Gasteiger partial charge in [-0.05, 0) is 83.2 Å². The van der Waals surface area contributed by atoms with Crippen LogP contribution in [0.15, 0.2) is 0 Å². The van der Waals surface area contributed by atoms with Crippen molar-refractivity contribution in [1.29, 1.82) is 0 Å². The topological polar surface area (TPSA) is 302 Å². The molecule has 1 unspecified atom stereocenters. The highest BCUT2D eigenvalue weighted by molar-refractivity contribution is 5.93. The van der Waals surface area contributed by atoms with Crippen LogP contribution >= 0.6 is 0 Å². The van der Waals surface area contributed by atoms with E-state index < -0.39 is 11.8 Å². The highest BCUT2D eigenvalue weighted by atomic mass is 16.5. The zero-order valence-corrected chi connectivity index (χ0v) is 92.1. The van der Waals surface area contributed by atoms with E-state index in [1.807, 2.05) is 0 Å². The Morgan fingerprint density at radius 2 is 0.381 bits per heavy atom. The van der Waals surface area contributed by atoms with Crippen LogP contribution in [0.4, 0.5) is 0 Å². The first-order valence-electron chi connectivity index (χ1n) is 59.1. The second-order valence-corrected chi connectivity index (χ2v) is 41.5. The third-order valence-electron chi connectivity index (χ3n) is 28.2. The van der Waals surface area contributed by atoms with E-state index >= 15 is 0 Å². The van der Waals surface area contributed by atoms with Gasteiger partial charge in [0.1, 0.15) is 0 Å². The largest absolute Gasteiger partial charge is 0.396 e. The van der Waals surface area contributed by atoms with Crippen molar-refractivity contribution in [1.82, 2.24) is 49.8 Å². The second-order valence-electron chi connectivity index (χ2n) is 41.5. The molecule has 0 rings (SSSR count). The maximum Gasteiger partial charge on any atom is 0.242 e. The maximum absolute atomic E-state index is 14.9. The number of methoxy groups -OCH3 is 1. The SMILES string of the molecule is CCCCCCCCCCCCN(CC(N)=O)C(=O)CN(CCCCCCCCCCCC)C(=O)CN(CCCCCCCCCCCC)C(=O)CN(CCCCCCCCCCC(C)CCCCCCCCCCN(CC(N)=O)C(=O)CN(CCCCCCCCCC)C(=O)CN(CCCCCCCCCC)C(=O)CN(CCCCCCCCCC)C(=O)CNCCCOC)C(=O)CNCCCO. The number of hydrogen-bond donors (Lipinski definition) is 5. The van der Waals surface area contributed by atoms with Crippen LogP contribution in [0.1, 0.15) is 524 Å². The first-order chi connectivity index (χ1) is 67.8. The molecule has 0 spiro atoms. The average Bonchev–Trinajstić information content (AvgIpc) is 0.867. The van der Waals surface area contributed by atoms with Crippen LogP contribution in [-0.2, 0) is 52.7 Å². The molecule has 0 fully saturated rings. The lowest BCUT2D eigenvalue weighted by atomic mass is 9.95. The zero-order valence-electron chi connectivity index (χ0n) is 92.1. The van der Waals surface area contributed by atoms with Gasteiger partial charge in [0, 0.05) is 72.7 Å². The van der Waals surface area contributed by atoms with Gasteiger partial charge in [0.2, 0.25) is 59.1 Å². The molecular weight excluding hydrogens is 1740 g/mol. The number of ether oxygens (including phenoxy) is 1. The monoisotopic (exact) mass is 1970 g/mol. The number of amides is 10. The van der Waals surface area contributed by atoms with Gasteiger partial charge in [-0.15, -0.1) is 0 Å². The minimum absolute atomic E-state index is 0.00561. The van der Waals surface area contributed by atoms with Gasteiger partial charge < -0.3 is 71.1 Å². The Kier molecular flexibility index (Phi) is 97.2. The van der Waals surface area contributed by atoms with Gasteiger partial charge in [0.05, 0.1) is 65.4 Å². The van der Waals surface area contributed by atoms with Crippen molar-refractivity contribution >= 4 is 59.1 Å². The van der Waals surface area contributed by atoms with Crippen LogP contribution in [0.2, 0.25) is 0 Å². The number of rotatable bonds is 109. The number of aliphatic hydroxyl groups is 1. The molecule has 10 amide bonds. The number of carbonyl (C=O) groups excluding carboxylic acids is 10. The lowest BCUT2D eigenvalue weighted by Crippen LogP contribution is -2.51. The van der Waals surface area contributed by atoms with Crippen LogP contribution in [-0.4, -0.2) is 255 Å². The number of nitrogens with two attached hydrogens (primary N) is 2. The minimum Gasteiger partial charge on any atom is -0.396 e. The van der Waals surface area contributed by atoms with Gasteiger partial charge in [-0.2, -0.15) is 0 Å². The lowest BCUT2D eigenvalue weighted by Gasteiger charge is -2.31. The molecule has 7 N–H and O–H groups in total. The lowest BCUT2D eigenvalue weighted by molar-refractivity contribution is -0.146. The Morgan fingerprint density at radius 1 is 0.223 bits per heavy atom. The predicted octanol–water partition coefficient (Wildman–Crippen LogP) is 24.0. The normalized spacial score (nSPS) is 11.6. The number of hydrogen-bond acceptors (Lipinski definition) is 14. The summed E-state index contributed by atoms with van der Waals surface area (Å²) in [5.41, 5.74) is 11.6. The highest BCUT2D eigenvalue weighted by Crippen LogP contribution is 2.23. The number of carbonyl (C=O) groups is 10. The Balaban J connectivity index is 5.95. The van der Waals surface area contributed by atoms with Crippen molar-refractivity contribution in [2.45, 2.75) is 524 Å². The maximum atomic E-state index is 14.9. The minimum atomic E-state index is -0.591. The molecule has 0 saturated heterocycles. The van der Waals surface area contributed by atoms with Gasteiger partial charge in [0.15, 0.2) is 0 Å². The van der Waals surface area contributed by atoms with Gasteiger partial charge in [-0.3, -0.25) is 47.9 Å².